The van der Waals surface area contributed by atoms with E-state index in [1.54, 1.807) is 54.1 Å². The maximum atomic E-state index is 13.0. The lowest BCUT2D eigenvalue weighted by Gasteiger charge is -2.07. The van der Waals surface area contributed by atoms with Gasteiger partial charge in [-0.15, -0.1) is 0 Å². The summed E-state index contributed by atoms with van der Waals surface area (Å²) in [6.45, 7) is 0. The molecule has 2 heterocycles. The molecule has 0 bridgehead atoms. The fourth-order valence-electron chi connectivity index (χ4n) is 3.10. The van der Waals surface area contributed by atoms with Gasteiger partial charge in [0.15, 0.2) is 5.69 Å². The molecule has 4 aromatic rings. The summed E-state index contributed by atoms with van der Waals surface area (Å²) in [5.41, 5.74) is 0.910. The molecule has 7 heteroatoms. The van der Waals surface area contributed by atoms with Crippen LogP contribution in [0.4, 0.5) is 0 Å². The van der Waals surface area contributed by atoms with Crippen molar-refractivity contribution >= 4 is 39.4 Å². The van der Waals surface area contributed by atoms with Crippen LogP contribution in [0, 0.1) is 0 Å². The molecule has 0 unspecified atom stereocenters. The average Bonchev–Trinajstić information content (AvgIpc) is 2.89. The van der Waals surface area contributed by atoms with E-state index in [4.69, 9.17) is 11.6 Å². The Kier molecular flexibility index (Phi) is 3.36. The molecule has 1 N–H and O–H groups in total. The van der Waals surface area contributed by atoms with Crippen LogP contribution in [0.5, 0.6) is 0 Å². The summed E-state index contributed by atoms with van der Waals surface area (Å²) in [4.78, 5) is 24.9. The molecule has 0 saturated heterocycles. The van der Waals surface area contributed by atoms with Gasteiger partial charge in [-0.05, 0) is 30.3 Å². The van der Waals surface area contributed by atoms with Gasteiger partial charge in [0.1, 0.15) is 5.52 Å². The number of aryl methyl sites for hydroxylation is 1. The van der Waals surface area contributed by atoms with E-state index < -0.39 is 5.97 Å². The van der Waals surface area contributed by atoms with Crippen LogP contribution in [0.1, 0.15) is 10.5 Å². The molecule has 0 amide bonds. The summed E-state index contributed by atoms with van der Waals surface area (Å²) < 4.78 is 2.79. The van der Waals surface area contributed by atoms with E-state index in [1.807, 2.05) is 6.07 Å². The van der Waals surface area contributed by atoms with Gasteiger partial charge in [0.05, 0.1) is 5.69 Å². The van der Waals surface area contributed by atoms with Gasteiger partial charge in [-0.3, -0.25) is 4.79 Å². The highest BCUT2D eigenvalue weighted by Gasteiger charge is 2.23. The van der Waals surface area contributed by atoms with Crippen molar-refractivity contribution in [3.8, 4) is 5.69 Å². The fraction of sp³-hybridized carbons (Fsp3) is 0.0556. The highest BCUT2D eigenvalue weighted by Crippen LogP contribution is 2.30. The minimum absolute atomic E-state index is 0.189. The zero-order valence-corrected chi connectivity index (χ0v) is 13.9. The van der Waals surface area contributed by atoms with E-state index in [2.05, 4.69) is 5.10 Å². The Morgan fingerprint density at radius 3 is 2.56 bits per heavy atom. The molecule has 2 aromatic carbocycles. The standard InChI is InChI=1S/C18H12ClN3O3/c1-21-13-8-7-10(19)9-12(13)14-15(18(24)25)20-22(17(23)16(14)21)11-5-3-2-4-6-11/h2-9H,1H3,(H,24,25). The second-order valence-electron chi connectivity index (χ2n) is 5.65. The van der Waals surface area contributed by atoms with Gasteiger partial charge < -0.3 is 9.67 Å². The van der Waals surface area contributed by atoms with Gasteiger partial charge in [-0.2, -0.15) is 9.78 Å². The number of carbonyl (C=O) groups is 1. The van der Waals surface area contributed by atoms with Gasteiger partial charge >= 0.3 is 5.97 Å². The Bertz CT molecular complexity index is 1210. The minimum Gasteiger partial charge on any atom is -0.476 e. The van der Waals surface area contributed by atoms with Gasteiger partial charge in [-0.25, -0.2) is 4.79 Å². The predicted molar refractivity (Wildman–Crippen MR) is 95.8 cm³/mol. The number of benzene rings is 2. The van der Waals surface area contributed by atoms with Crippen LogP contribution in [0.25, 0.3) is 27.5 Å². The lowest BCUT2D eigenvalue weighted by molar-refractivity contribution is 0.0691. The number of para-hydroxylation sites is 1. The zero-order valence-electron chi connectivity index (χ0n) is 13.1. The Labute approximate surface area is 146 Å². The number of carboxylic acids is 1. The minimum atomic E-state index is -1.21. The number of hydrogen-bond acceptors (Lipinski definition) is 3. The number of aromatic carboxylic acids is 1. The first-order valence-corrected chi connectivity index (χ1v) is 7.86. The Morgan fingerprint density at radius 1 is 1.16 bits per heavy atom. The zero-order chi connectivity index (χ0) is 17.7. The van der Waals surface area contributed by atoms with Crippen molar-refractivity contribution in [2.45, 2.75) is 0 Å². The molecule has 0 aliphatic carbocycles. The van der Waals surface area contributed by atoms with Crippen LogP contribution >= 0.6 is 11.6 Å². The first kappa shape index (κ1) is 15.4. The quantitative estimate of drug-likeness (QED) is 0.600. The first-order valence-electron chi connectivity index (χ1n) is 7.48. The van der Waals surface area contributed by atoms with Crippen LogP contribution < -0.4 is 5.56 Å². The third-order valence-electron chi connectivity index (χ3n) is 4.20. The van der Waals surface area contributed by atoms with Crippen LogP contribution in [-0.2, 0) is 7.05 Å². The van der Waals surface area contributed by atoms with Crippen LogP contribution in [0.3, 0.4) is 0 Å². The molecular weight excluding hydrogens is 342 g/mol. The fourth-order valence-corrected chi connectivity index (χ4v) is 3.27. The van der Waals surface area contributed by atoms with E-state index in [0.717, 1.165) is 4.68 Å². The van der Waals surface area contributed by atoms with Crippen molar-refractivity contribution in [2.75, 3.05) is 0 Å². The van der Waals surface area contributed by atoms with Crippen LogP contribution in [-0.4, -0.2) is 25.4 Å². The second kappa shape index (κ2) is 5.46. The first-order chi connectivity index (χ1) is 12.0. The summed E-state index contributed by atoms with van der Waals surface area (Å²) >= 11 is 6.07. The monoisotopic (exact) mass is 353 g/mol. The molecule has 0 aliphatic heterocycles. The van der Waals surface area contributed by atoms with Crippen LogP contribution in [0.2, 0.25) is 5.02 Å². The van der Waals surface area contributed by atoms with Crippen molar-refractivity contribution in [2.24, 2.45) is 7.05 Å². The van der Waals surface area contributed by atoms with E-state index in [9.17, 15) is 14.7 Å². The van der Waals surface area contributed by atoms with Gasteiger partial charge in [0.2, 0.25) is 0 Å². The van der Waals surface area contributed by atoms with E-state index >= 15 is 0 Å². The number of fused-ring (bicyclic) bond motifs is 3. The normalized spacial score (nSPS) is 11.3. The van der Waals surface area contributed by atoms with Crippen molar-refractivity contribution in [1.29, 1.82) is 0 Å². The molecule has 0 saturated carbocycles. The maximum absolute atomic E-state index is 13.0. The SMILES string of the molecule is Cn1c2ccc(Cl)cc2c2c(C(=O)O)nn(-c3ccccc3)c(=O)c21. The summed E-state index contributed by atoms with van der Waals surface area (Å²) in [6.07, 6.45) is 0. The molecule has 0 radical (unpaired) electrons. The molecule has 6 nitrogen and oxygen atoms in total. The highest BCUT2D eigenvalue weighted by molar-refractivity contribution is 6.32. The maximum Gasteiger partial charge on any atom is 0.357 e. The summed E-state index contributed by atoms with van der Waals surface area (Å²) in [5, 5.41) is 15.1. The molecule has 4 rings (SSSR count). The number of nitrogens with zero attached hydrogens (tertiary/aromatic N) is 3. The number of hydrogen-bond donors (Lipinski definition) is 1. The molecule has 2 aromatic heterocycles. The molecule has 0 atom stereocenters. The van der Waals surface area contributed by atoms with Crippen molar-refractivity contribution in [1.82, 2.24) is 14.3 Å². The third kappa shape index (κ3) is 2.22. The summed E-state index contributed by atoms with van der Waals surface area (Å²) in [5.74, 6) is -1.21. The number of rotatable bonds is 2. The Balaban J connectivity index is 2.26. The number of aromatic nitrogens is 3. The van der Waals surface area contributed by atoms with Crippen LogP contribution in [0.15, 0.2) is 53.3 Å². The van der Waals surface area contributed by atoms with Crippen molar-refractivity contribution in [3.05, 3.63) is 69.6 Å². The Hall–Kier alpha value is -3.12. The third-order valence-corrected chi connectivity index (χ3v) is 4.43. The van der Waals surface area contributed by atoms with Gasteiger partial charge in [-0.1, -0.05) is 29.8 Å². The largest absolute Gasteiger partial charge is 0.476 e. The molecule has 124 valence electrons. The summed E-state index contributed by atoms with van der Waals surface area (Å²) in [7, 11) is 1.72. The predicted octanol–water partition coefficient (Wildman–Crippen LogP) is 3.23. The van der Waals surface area contributed by atoms with E-state index in [0.29, 0.717) is 27.0 Å². The van der Waals surface area contributed by atoms with Crippen molar-refractivity contribution < 1.29 is 9.90 Å². The molecular formula is C18H12ClN3O3. The molecule has 0 fully saturated rings. The number of halogens is 1. The molecule has 0 aliphatic rings. The smallest absolute Gasteiger partial charge is 0.357 e. The lowest BCUT2D eigenvalue weighted by atomic mass is 10.1. The summed E-state index contributed by atoms with van der Waals surface area (Å²) in [6, 6.07) is 13.8. The van der Waals surface area contributed by atoms with Gasteiger partial charge in [0, 0.05) is 28.4 Å². The number of carboxylic acid groups (broad SMARTS) is 1. The Morgan fingerprint density at radius 2 is 1.88 bits per heavy atom. The van der Waals surface area contributed by atoms with Crippen molar-refractivity contribution in [3.63, 3.8) is 0 Å². The highest BCUT2D eigenvalue weighted by atomic mass is 35.5. The lowest BCUT2D eigenvalue weighted by Crippen LogP contribution is -2.25. The second-order valence-corrected chi connectivity index (χ2v) is 6.09. The topological polar surface area (TPSA) is 77.1 Å². The van der Waals surface area contributed by atoms with Gasteiger partial charge in [0.25, 0.3) is 5.56 Å². The average molecular weight is 354 g/mol. The van der Waals surface area contributed by atoms with E-state index in [1.165, 1.54) is 0 Å². The molecule has 25 heavy (non-hydrogen) atoms. The van der Waals surface area contributed by atoms with E-state index in [-0.39, 0.29) is 16.8 Å². The molecule has 0 spiro atoms.